The van der Waals surface area contributed by atoms with Gasteiger partial charge in [0.1, 0.15) is 0 Å². The monoisotopic (exact) mass is 211 g/mol. The summed E-state index contributed by atoms with van der Waals surface area (Å²) in [7, 11) is 0. The summed E-state index contributed by atoms with van der Waals surface area (Å²) in [6, 6.07) is 0.412. The van der Waals surface area contributed by atoms with E-state index in [2.05, 4.69) is 34.6 Å². The number of nitrogens with two attached hydrogens (primary N) is 1. The molecule has 15 heavy (non-hydrogen) atoms. The van der Waals surface area contributed by atoms with Gasteiger partial charge in [0.05, 0.1) is 0 Å². The van der Waals surface area contributed by atoms with Gasteiger partial charge in [-0.05, 0) is 48.9 Å². The van der Waals surface area contributed by atoms with Crippen LogP contribution < -0.4 is 5.73 Å². The van der Waals surface area contributed by atoms with E-state index in [1.165, 1.54) is 19.3 Å². The van der Waals surface area contributed by atoms with Crippen LogP contribution in [0.1, 0.15) is 60.3 Å². The van der Waals surface area contributed by atoms with Gasteiger partial charge >= 0.3 is 0 Å². The summed E-state index contributed by atoms with van der Waals surface area (Å²) in [5, 5.41) is 0. The van der Waals surface area contributed by atoms with Gasteiger partial charge in [0.2, 0.25) is 0 Å². The van der Waals surface area contributed by atoms with Crippen molar-refractivity contribution in [2.45, 2.75) is 66.3 Å². The second-order valence-corrected chi connectivity index (χ2v) is 7.11. The summed E-state index contributed by atoms with van der Waals surface area (Å²) >= 11 is 0. The van der Waals surface area contributed by atoms with E-state index in [9.17, 15) is 0 Å². The molecule has 0 amide bonds. The predicted octanol–water partition coefficient (Wildman–Crippen LogP) is 3.82. The molecule has 0 aliphatic heterocycles. The number of hydrogen-bond acceptors (Lipinski definition) is 1. The fourth-order valence-electron chi connectivity index (χ4n) is 3.23. The van der Waals surface area contributed by atoms with Gasteiger partial charge < -0.3 is 5.73 Å². The molecular weight excluding hydrogens is 182 g/mol. The zero-order valence-corrected chi connectivity index (χ0v) is 11.2. The molecule has 1 heteroatoms. The quantitative estimate of drug-likeness (QED) is 0.738. The summed E-state index contributed by atoms with van der Waals surface area (Å²) in [4.78, 5) is 0. The van der Waals surface area contributed by atoms with Crippen LogP contribution in [-0.4, -0.2) is 6.04 Å². The second kappa shape index (κ2) is 4.86. The third-order valence-electron chi connectivity index (χ3n) is 3.67. The van der Waals surface area contributed by atoms with Crippen molar-refractivity contribution in [1.29, 1.82) is 0 Å². The van der Waals surface area contributed by atoms with Crippen molar-refractivity contribution in [1.82, 2.24) is 0 Å². The van der Waals surface area contributed by atoms with Crippen molar-refractivity contribution in [2.75, 3.05) is 0 Å². The molecule has 0 radical (unpaired) electrons. The standard InChI is InChI=1S/C14H29N/c1-10-6-11(2)8-12(7-10)13(15)9-14(3,4)5/h10-13H,6-9,15H2,1-5H3. The van der Waals surface area contributed by atoms with Crippen LogP contribution in [0.2, 0.25) is 0 Å². The van der Waals surface area contributed by atoms with Crippen molar-refractivity contribution in [3.8, 4) is 0 Å². The van der Waals surface area contributed by atoms with Crippen LogP contribution in [-0.2, 0) is 0 Å². The Labute approximate surface area is 95.8 Å². The molecule has 0 aromatic carbocycles. The maximum Gasteiger partial charge on any atom is 0.00723 e. The highest BCUT2D eigenvalue weighted by Gasteiger charge is 2.30. The average molecular weight is 211 g/mol. The van der Waals surface area contributed by atoms with E-state index in [1.54, 1.807) is 0 Å². The van der Waals surface area contributed by atoms with Crippen molar-refractivity contribution < 1.29 is 0 Å². The Morgan fingerprint density at radius 3 is 1.93 bits per heavy atom. The van der Waals surface area contributed by atoms with Crippen LogP contribution in [0, 0.1) is 23.2 Å². The summed E-state index contributed by atoms with van der Waals surface area (Å²) in [6.45, 7) is 11.6. The highest BCUT2D eigenvalue weighted by Crippen LogP contribution is 2.36. The SMILES string of the molecule is CC1CC(C)CC(C(N)CC(C)(C)C)C1. The molecule has 3 unspecified atom stereocenters. The van der Waals surface area contributed by atoms with Crippen LogP contribution in [0.4, 0.5) is 0 Å². The van der Waals surface area contributed by atoms with Gasteiger partial charge in [-0.25, -0.2) is 0 Å². The third-order valence-corrected chi connectivity index (χ3v) is 3.67. The summed E-state index contributed by atoms with van der Waals surface area (Å²) in [5.41, 5.74) is 6.74. The lowest BCUT2D eigenvalue weighted by molar-refractivity contribution is 0.167. The van der Waals surface area contributed by atoms with Crippen LogP contribution in [0.15, 0.2) is 0 Å². The molecule has 1 saturated carbocycles. The maximum atomic E-state index is 6.36. The van der Waals surface area contributed by atoms with Crippen LogP contribution in [0.5, 0.6) is 0 Å². The molecule has 3 atom stereocenters. The summed E-state index contributed by atoms with van der Waals surface area (Å²) < 4.78 is 0. The third kappa shape index (κ3) is 4.55. The minimum Gasteiger partial charge on any atom is -0.327 e. The minimum atomic E-state index is 0.378. The first kappa shape index (κ1) is 13.0. The highest BCUT2D eigenvalue weighted by molar-refractivity contribution is 4.84. The van der Waals surface area contributed by atoms with Crippen LogP contribution >= 0.6 is 0 Å². The Kier molecular flexibility index (Phi) is 4.22. The Morgan fingerprint density at radius 1 is 1.07 bits per heavy atom. The fraction of sp³-hybridized carbons (Fsp3) is 1.00. The van der Waals surface area contributed by atoms with E-state index in [4.69, 9.17) is 5.73 Å². The molecule has 0 aromatic heterocycles. The van der Waals surface area contributed by atoms with Gasteiger partial charge in [-0.15, -0.1) is 0 Å². The normalized spacial score (nSPS) is 35.2. The Hall–Kier alpha value is -0.0400. The molecule has 1 fully saturated rings. The zero-order valence-electron chi connectivity index (χ0n) is 11.2. The second-order valence-electron chi connectivity index (χ2n) is 7.11. The molecule has 0 bridgehead atoms. The lowest BCUT2D eigenvalue weighted by Crippen LogP contribution is -2.38. The van der Waals surface area contributed by atoms with E-state index in [-0.39, 0.29) is 0 Å². The first-order valence-electron chi connectivity index (χ1n) is 6.53. The highest BCUT2D eigenvalue weighted by atomic mass is 14.7. The Balaban J connectivity index is 2.48. The molecule has 2 N–H and O–H groups in total. The number of rotatable bonds is 2. The van der Waals surface area contributed by atoms with Gasteiger partial charge in [-0.3, -0.25) is 0 Å². The molecule has 0 saturated heterocycles. The van der Waals surface area contributed by atoms with E-state index in [0.717, 1.165) is 24.2 Å². The molecule has 1 aliphatic carbocycles. The first-order chi connectivity index (χ1) is 6.78. The van der Waals surface area contributed by atoms with Gasteiger partial charge in [-0.1, -0.05) is 34.6 Å². The first-order valence-corrected chi connectivity index (χ1v) is 6.53. The maximum absolute atomic E-state index is 6.36. The zero-order chi connectivity index (χ0) is 11.6. The average Bonchev–Trinajstić information content (AvgIpc) is 1.98. The number of hydrogen-bond donors (Lipinski definition) is 1. The van der Waals surface area contributed by atoms with Crippen molar-refractivity contribution in [2.24, 2.45) is 28.9 Å². The van der Waals surface area contributed by atoms with Crippen molar-refractivity contribution in [3.63, 3.8) is 0 Å². The van der Waals surface area contributed by atoms with E-state index >= 15 is 0 Å². The lowest BCUT2D eigenvalue weighted by atomic mass is 9.71. The molecule has 1 rings (SSSR count). The largest absolute Gasteiger partial charge is 0.327 e. The molecular formula is C14H29N. The smallest absolute Gasteiger partial charge is 0.00723 e. The molecule has 0 heterocycles. The van der Waals surface area contributed by atoms with E-state index in [1.807, 2.05) is 0 Å². The van der Waals surface area contributed by atoms with E-state index < -0.39 is 0 Å². The van der Waals surface area contributed by atoms with Gasteiger partial charge in [0.25, 0.3) is 0 Å². The summed E-state index contributed by atoms with van der Waals surface area (Å²) in [5.74, 6) is 2.53. The van der Waals surface area contributed by atoms with Gasteiger partial charge in [0.15, 0.2) is 0 Å². The molecule has 1 aliphatic rings. The van der Waals surface area contributed by atoms with Gasteiger partial charge in [-0.2, -0.15) is 0 Å². The topological polar surface area (TPSA) is 26.0 Å². The molecule has 1 nitrogen and oxygen atoms in total. The van der Waals surface area contributed by atoms with Crippen LogP contribution in [0.25, 0.3) is 0 Å². The molecule has 0 aromatic rings. The Morgan fingerprint density at radius 2 is 1.53 bits per heavy atom. The summed E-state index contributed by atoms with van der Waals surface area (Å²) in [6.07, 6.45) is 5.26. The van der Waals surface area contributed by atoms with Gasteiger partial charge in [0, 0.05) is 6.04 Å². The molecule has 90 valence electrons. The van der Waals surface area contributed by atoms with Crippen molar-refractivity contribution >= 4 is 0 Å². The van der Waals surface area contributed by atoms with Crippen molar-refractivity contribution in [3.05, 3.63) is 0 Å². The van der Waals surface area contributed by atoms with Crippen LogP contribution in [0.3, 0.4) is 0 Å². The Bertz CT molecular complexity index is 182. The predicted molar refractivity (Wildman–Crippen MR) is 67.7 cm³/mol. The fourth-order valence-corrected chi connectivity index (χ4v) is 3.23. The molecule has 0 spiro atoms. The minimum absolute atomic E-state index is 0.378. The lowest BCUT2D eigenvalue weighted by Gasteiger charge is -2.37. The van der Waals surface area contributed by atoms with E-state index in [0.29, 0.717) is 11.5 Å².